The van der Waals surface area contributed by atoms with E-state index in [4.69, 9.17) is 9.47 Å². The van der Waals surface area contributed by atoms with E-state index in [1.807, 2.05) is 0 Å². The van der Waals surface area contributed by atoms with Crippen molar-refractivity contribution in [2.45, 2.75) is 6.17 Å². The van der Waals surface area contributed by atoms with Gasteiger partial charge in [-0.3, -0.25) is 19.3 Å². The number of benzene rings is 2. The zero-order chi connectivity index (χ0) is 22.4. The second-order valence-corrected chi connectivity index (χ2v) is 8.04. The summed E-state index contributed by atoms with van der Waals surface area (Å²) in [6, 6.07) is 10.3. The summed E-state index contributed by atoms with van der Waals surface area (Å²) in [7, 11) is 2.95. The molecule has 2 aromatic carbocycles. The van der Waals surface area contributed by atoms with Gasteiger partial charge in [0.2, 0.25) is 5.91 Å². The molecule has 0 spiro atoms. The van der Waals surface area contributed by atoms with E-state index in [9.17, 15) is 14.4 Å². The van der Waals surface area contributed by atoms with Crippen LogP contribution in [0.25, 0.3) is 0 Å². The Morgan fingerprint density at radius 1 is 1.12 bits per heavy atom. The highest BCUT2D eigenvalue weighted by molar-refractivity contribution is 7.13. The van der Waals surface area contributed by atoms with E-state index in [-0.39, 0.29) is 18.4 Å². The lowest BCUT2D eigenvalue weighted by molar-refractivity contribution is -0.117. The van der Waals surface area contributed by atoms with E-state index in [1.54, 1.807) is 48.0 Å². The predicted molar refractivity (Wildman–Crippen MR) is 117 cm³/mol. The third kappa shape index (κ3) is 2.91. The third-order valence-corrected chi connectivity index (χ3v) is 6.16. The SMILES string of the molecule is COc1ccc2c(c1OC)C(=O)N1c3ccccc3C(=O)N(CC(=O)Nc3nccs3)[C@@H]21. The van der Waals surface area contributed by atoms with Crippen LogP contribution in [0.1, 0.15) is 32.4 Å². The van der Waals surface area contributed by atoms with E-state index in [2.05, 4.69) is 10.3 Å². The maximum Gasteiger partial charge on any atom is 0.264 e. The van der Waals surface area contributed by atoms with Crippen molar-refractivity contribution in [1.29, 1.82) is 0 Å². The lowest BCUT2D eigenvalue weighted by Crippen LogP contribution is -2.50. The van der Waals surface area contributed by atoms with Gasteiger partial charge in [0.05, 0.1) is 31.0 Å². The normalized spacial score (nSPS) is 16.4. The molecule has 0 aliphatic carbocycles. The fraction of sp³-hybridized carbons (Fsp3) is 0.182. The minimum absolute atomic E-state index is 0.255. The van der Waals surface area contributed by atoms with Gasteiger partial charge in [-0.05, 0) is 18.2 Å². The van der Waals surface area contributed by atoms with Crippen molar-refractivity contribution < 1.29 is 23.9 Å². The van der Waals surface area contributed by atoms with Crippen molar-refractivity contribution in [3.63, 3.8) is 0 Å². The molecule has 3 amide bonds. The van der Waals surface area contributed by atoms with Gasteiger partial charge in [-0.25, -0.2) is 4.98 Å². The minimum atomic E-state index is -0.790. The Morgan fingerprint density at radius 2 is 1.94 bits per heavy atom. The van der Waals surface area contributed by atoms with Gasteiger partial charge in [0.25, 0.3) is 11.8 Å². The Bertz CT molecular complexity index is 1240. The van der Waals surface area contributed by atoms with Crippen LogP contribution in [0.15, 0.2) is 48.0 Å². The van der Waals surface area contributed by atoms with Crippen molar-refractivity contribution in [2.75, 3.05) is 31.0 Å². The van der Waals surface area contributed by atoms with Crippen molar-refractivity contribution in [2.24, 2.45) is 0 Å². The maximum atomic E-state index is 13.6. The van der Waals surface area contributed by atoms with Gasteiger partial charge in [0, 0.05) is 17.1 Å². The first-order valence-corrected chi connectivity index (χ1v) is 10.6. The smallest absolute Gasteiger partial charge is 0.264 e. The summed E-state index contributed by atoms with van der Waals surface area (Å²) in [4.78, 5) is 46.7. The summed E-state index contributed by atoms with van der Waals surface area (Å²) < 4.78 is 10.9. The number of para-hydroxylation sites is 1. The average Bonchev–Trinajstić information content (AvgIpc) is 3.42. The lowest BCUT2D eigenvalue weighted by atomic mass is 10.0. The first-order valence-electron chi connectivity index (χ1n) is 9.73. The number of methoxy groups -OCH3 is 2. The molecule has 3 aromatic rings. The number of nitrogens with one attached hydrogen (secondary N) is 1. The zero-order valence-electron chi connectivity index (χ0n) is 17.2. The highest BCUT2D eigenvalue weighted by atomic mass is 32.1. The molecule has 2 aliphatic rings. The van der Waals surface area contributed by atoms with E-state index in [0.29, 0.717) is 39.0 Å². The summed E-state index contributed by atoms with van der Waals surface area (Å²) >= 11 is 1.28. The highest BCUT2D eigenvalue weighted by Gasteiger charge is 2.50. The fourth-order valence-electron chi connectivity index (χ4n) is 4.18. The molecule has 1 N–H and O–H groups in total. The average molecular weight is 450 g/mol. The Kier molecular flexibility index (Phi) is 4.78. The van der Waals surface area contributed by atoms with E-state index in [0.717, 1.165) is 0 Å². The number of hydrogen-bond donors (Lipinski definition) is 1. The molecule has 9 nitrogen and oxygen atoms in total. The fourth-order valence-corrected chi connectivity index (χ4v) is 4.73. The molecule has 2 aliphatic heterocycles. The molecule has 0 bridgehead atoms. The molecule has 5 rings (SSSR count). The summed E-state index contributed by atoms with van der Waals surface area (Å²) in [5, 5.41) is 4.87. The van der Waals surface area contributed by atoms with E-state index < -0.39 is 12.1 Å². The molecule has 1 aromatic heterocycles. The molecular weight excluding hydrogens is 432 g/mol. The number of thiazole rings is 1. The van der Waals surface area contributed by atoms with Gasteiger partial charge >= 0.3 is 0 Å². The quantitative estimate of drug-likeness (QED) is 0.642. The van der Waals surface area contributed by atoms with Gasteiger partial charge in [-0.2, -0.15) is 0 Å². The van der Waals surface area contributed by atoms with Crippen LogP contribution in [0.5, 0.6) is 11.5 Å². The van der Waals surface area contributed by atoms with Crippen molar-refractivity contribution in [1.82, 2.24) is 9.88 Å². The molecule has 0 fully saturated rings. The summed E-state index contributed by atoms with van der Waals surface area (Å²) in [6.45, 7) is -0.255. The molecule has 32 heavy (non-hydrogen) atoms. The van der Waals surface area contributed by atoms with Crippen LogP contribution in [-0.4, -0.2) is 48.4 Å². The standard InChI is InChI=1S/C22H18N4O5S/c1-30-15-8-7-13-17(18(15)31-2)21(29)26-14-6-4-3-5-12(14)20(28)25(19(13)26)11-16(27)24-22-23-9-10-32-22/h3-10,19H,11H2,1-2H3,(H,23,24,27)/t19-/m1/s1. The molecule has 10 heteroatoms. The number of carbonyl (C=O) groups is 3. The second-order valence-electron chi connectivity index (χ2n) is 7.15. The Labute approximate surface area is 187 Å². The Balaban J connectivity index is 1.62. The number of carbonyl (C=O) groups excluding carboxylic acids is 3. The largest absolute Gasteiger partial charge is 0.493 e. The summed E-state index contributed by atoms with van der Waals surface area (Å²) in [6.07, 6.45) is 0.789. The first-order chi connectivity index (χ1) is 15.5. The number of rotatable bonds is 5. The monoisotopic (exact) mass is 450 g/mol. The van der Waals surface area contributed by atoms with Gasteiger partial charge in [0.1, 0.15) is 12.7 Å². The third-order valence-electron chi connectivity index (χ3n) is 5.48. The Morgan fingerprint density at radius 3 is 2.66 bits per heavy atom. The van der Waals surface area contributed by atoms with Crippen LogP contribution in [0.4, 0.5) is 10.8 Å². The molecule has 0 radical (unpaired) electrons. The molecule has 0 unspecified atom stereocenters. The first kappa shape index (κ1) is 20.0. The van der Waals surface area contributed by atoms with Crippen LogP contribution in [0.2, 0.25) is 0 Å². The van der Waals surface area contributed by atoms with Crippen molar-refractivity contribution in [3.8, 4) is 11.5 Å². The molecule has 0 saturated carbocycles. The number of amides is 3. The second kappa shape index (κ2) is 7.65. The van der Waals surface area contributed by atoms with Crippen LogP contribution in [0.3, 0.4) is 0 Å². The van der Waals surface area contributed by atoms with Crippen LogP contribution in [-0.2, 0) is 4.79 Å². The molecule has 1 atom stereocenters. The van der Waals surface area contributed by atoms with Crippen LogP contribution < -0.4 is 19.7 Å². The zero-order valence-corrected chi connectivity index (χ0v) is 18.0. The van der Waals surface area contributed by atoms with Gasteiger partial charge in [-0.1, -0.05) is 18.2 Å². The number of nitrogens with zero attached hydrogens (tertiary/aromatic N) is 3. The number of anilines is 2. The molecule has 3 heterocycles. The van der Waals surface area contributed by atoms with Crippen LogP contribution >= 0.6 is 11.3 Å². The number of hydrogen-bond acceptors (Lipinski definition) is 7. The van der Waals surface area contributed by atoms with Gasteiger partial charge in [0.15, 0.2) is 16.6 Å². The van der Waals surface area contributed by atoms with E-state index >= 15 is 0 Å². The topological polar surface area (TPSA) is 101 Å². The van der Waals surface area contributed by atoms with Gasteiger partial charge in [-0.15, -0.1) is 11.3 Å². The number of aromatic nitrogens is 1. The van der Waals surface area contributed by atoms with Crippen molar-refractivity contribution in [3.05, 3.63) is 64.7 Å². The summed E-state index contributed by atoms with van der Waals surface area (Å²) in [5.41, 5.74) is 1.71. The lowest BCUT2D eigenvalue weighted by Gasteiger charge is -2.40. The van der Waals surface area contributed by atoms with Gasteiger partial charge < -0.3 is 19.7 Å². The molecule has 162 valence electrons. The molecular formula is C22H18N4O5S. The summed E-state index contributed by atoms with van der Waals surface area (Å²) in [5.74, 6) is -0.375. The van der Waals surface area contributed by atoms with Crippen LogP contribution in [0, 0.1) is 0 Å². The minimum Gasteiger partial charge on any atom is -0.493 e. The Hall–Kier alpha value is -3.92. The molecule has 0 saturated heterocycles. The highest BCUT2D eigenvalue weighted by Crippen LogP contribution is 2.49. The van der Waals surface area contributed by atoms with E-state index in [1.165, 1.54) is 35.4 Å². The number of ether oxygens (including phenoxy) is 2. The maximum absolute atomic E-state index is 13.6. The number of fused-ring (bicyclic) bond motifs is 5. The predicted octanol–water partition coefficient (Wildman–Crippen LogP) is 2.91. The van der Waals surface area contributed by atoms with Crippen molar-refractivity contribution >= 4 is 39.9 Å².